The van der Waals surface area contributed by atoms with Gasteiger partial charge < -0.3 is 44.1 Å². The highest BCUT2D eigenvalue weighted by Crippen LogP contribution is 2.66. The minimum Gasteiger partial charge on any atom is -0.386 e. The van der Waals surface area contributed by atoms with Gasteiger partial charge in [0.1, 0.15) is 23.7 Å². The normalized spacial score (nSPS) is 28.8. The number of aromatic amines is 1. The highest BCUT2D eigenvalue weighted by molar-refractivity contribution is 7.66. The Labute approximate surface area is 202 Å². The molecule has 36 heavy (non-hydrogen) atoms. The van der Waals surface area contributed by atoms with Crippen LogP contribution in [0.15, 0.2) is 17.1 Å². The summed E-state index contributed by atoms with van der Waals surface area (Å²) in [6, 6.07) is 1.37. The molecule has 2 aromatic heterocycles. The van der Waals surface area contributed by atoms with Gasteiger partial charge in [-0.05, 0) is 26.8 Å². The van der Waals surface area contributed by atoms with Crippen molar-refractivity contribution in [2.75, 3.05) is 0 Å². The minimum atomic E-state index is -5.78. The predicted octanol–water partition coefficient (Wildman–Crippen LogP) is -0.222. The van der Waals surface area contributed by atoms with Crippen molar-refractivity contribution < 1.29 is 61.4 Å². The van der Waals surface area contributed by atoms with Crippen LogP contribution in [0, 0.1) is 18.8 Å². The molecule has 2 aromatic rings. The fraction of sp³-hybridized carbons (Fsp3) is 0.500. The number of rotatable bonds is 8. The first-order valence-corrected chi connectivity index (χ1v) is 14.3. The van der Waals surface area contributed by atoms with E-state index in [9.17, 15) is 38.5 Å². The number of aromatic nitrogens is 3. The first-order valence-electron chi connectivity index (χ1n) is 9.78. The molecule has 0 saturated carbocycles. The van der Waals surface area contributed by atoms with Crippen molar-refractivity contribution in [3.63, 3.8) is 0 Å². The van der Waals surface area contributed by atoms with E-state index in [4.69, 9.17) is 19.0 Å². The predicted molar refractivity (Wildman–Crippen MR) is 118 cm³/mol. The summed E-state index contributed by atoms with van der Waals surface area (Å²) in [4.78, 5) is 55.3. The van der Waals surface area contributed by atoms with Crippen molar-refractivity contribution in [2.45, 2.75) is 50.9 Å². The van der Waals surface area contributed by atoms with E-state index in [1.54, 1.807) is 0 Å². The van der Waals surface area contributed by atoms with Crippen molar-refractivity contribution in [3.05, 3.63) is 28.4 Å². The van der Waals surface area contributed by atoms with E-state index in [1.807, 2.05) is 0 Å². The zero-order valence-corrected chi connectivity index (χ0v) is 21.3. The topological polar surface area (TPSA) is 260 Å². The summed E-state index contributed by atoms with van der Waals surface area (Å²) < 4.78 is 53.5. The molecule has 3 heterocycles. The number of hydrogen-bond donors (Lipinski definition) is 7. The second kappa shape index (κ2) is 9.86. The molecular formula is C16H22N3O14P3. The summed E-state index contributed by atoms with van der Waals surface area (Å²) in [5.74, 6) is 5.06. The van der Waals surface area contributed by atoms with Gasteiger partial charge in [-0.3, -0.25) is 9.32 Å². The Balaban J connectivity index is 1.92. The average Bonchev–Trinajstić information content (AvgIpc) is 3.18. The maximum Gasteiger partial charge on any atom is 0.490 e. The summed E-state index contributed by atoms with van der Waals surface area (Å²) in [7, 11) is -17.0. The maximum absolute atomic E-state index is 12.2. The molecule has 3 unspecified atom stereocenters. The summed E-state index contributed by atoms with van der Waals surface area (Å²) in [5, 5.41) is 22.2. The number of phosphoric acid groups is 3. The lowest BCUT2D eigenvalue weighted by atomic mass is 9.93. The highest BCUT2D eigenvalue weighted by Gasteiger charge is 2.58. The molecule has 1 saturated heterocycles. The molecule has 1 fully saturated rings. The number of ether oxygens (including phenoxy) is 1. The van der Waals surface area contributed by atoms with Crippen LogP contribution in [0.4, 0.5) is 0 Å². The standard InChI is InChI=1S/C16H22N3O14P3/c1-4-6-16(22)12(20)11(8(2)31-35(26,27)33-36(28,29)32-34(23,24)25)30-15(16)19-7-5-10-13(19)17-9(3)18-14(10)21/h5,7-8,11-12,15,20,22H,1-3H3,(H,26,27)(H,28,29)(H,17,18,21)(H2,23,24,25)/t8-,11-,12+,15-,16?/m1/s1. The quantitative estimate of drug-likeness (QED) is 0.159. The Morgan fingerprint density at radius 3 is 2.44 bits per heavy atom. The Bertz CT molecular complexity index is 1420. The van der Waals surface area contributed by atoms with Crippen LogP contribution in [0.2, 0.25) is 0 Å². The van der Waals surface area contributed by atoms with E-state index >= 15 is 0 Å². The molecule has 1 aliphatic rings. The summed E-state index contributed by atoms with van der Waals surface area (Å²) in [6.45, 7) is 3.93. The SMILES string of the molecule is CC#CC1(O)[C@@H](O)[C@@H]([C@@H](C)OP(=O)(O)OP(=O)(O)OP(=O)(O)O)O[C@H]1n1ccc2c(=O)[nH]c(C)nc21. The molecule has 0 amide bonds. The molecule has 7 N–H and O–H groups in total. The molecule has 0 aliphatic carbocycles. The molecule has 3 rings (SSSR count). The molecule has 0 spiro atoms. The van der Waals surface area contributed by atoms with Gasteiger partial charge in [-0.2, -0.15) is 8.62 Å². The van der Waals surface area contributed by atoms with Crippen LogP contribution in [0.25, 0.3) is 11.0 Å². The van der Waals surface area contributed by atoms with Crippen LogP contribution in [-0.2, 0) is 31.6 Å². The van der Waals surface area contributed by atoms with Crippen LogP contribution < -0.4 is 5.56 Å². The largest absolute Gasteiger partial charge is 0.490 e. The van der Waals surface area contributed by atoms with E-state index in [0.717, 1.165) is 6.92 Å². The average molecular weight is 573 g/mol. The fourth-order valence-corrected chi connectivity index (χ4v) is 6.82. The Morgan fingerprint density at radius 2 is 1.86 bits per heavy atom. The van der Waals surface area contributed by atoms with Gasteiger partial charge in [0.15, 0.2) is 11.8 Å². The van der Waals surface area contributed by atoms with Gasteiger partial charge in [0, 0.05) is 6.20 Å². The second-order valence-corrected chi connectivity index (χ2v) is 12.0. The van der Waals surface area contributed by atoms with E-state index in [-0.39, 0.29) is 16.9 Å². The molecule has 20 heteroatoms. The first kappa shape index (κ1) is 28.8. The van der Waals surface area contributed by atoms with Gasteiger partial charge in [-0.25, -0.2) is 18.7 Å². The second-order valence-electron chi connectivity index (χ2n) is 7.61. The van der Waals surface area contributed by atoms with Crippen molar-refractivity contribution in [1.29, 1.82) is 0 Å². The Kier molecular flexibility index (Phi) is 7.90. The number of phosphoric ester groups is 1. The molecule has 200 valence electrons. The Hall–Kier alpha value is -1.73. The van der Waals surface area contributed by atoms with Gasteiger partial charge in [-0.1, -0.05) is 5.92 Å². The molecule has 0 radical (unpaired) electrons. The van der Waals surface area contributed by atoms with Crippen LogP contribution in [0.5, 0.6) is 0 Å². The molecule has 1 aliphatic heterocycles. The number of aliphatic hydroxyl groups is 2. The molecule has 17 nitrogen and oxygen atoms in total. The number of aryl methyl sites for hydroxylation is 1. The van der Waals surface area contributed by atoms with Crippen molar-refractivity contribution >= 4 is 34.5 Å². The molecular weight excluding hydrogens is 551 g/mol. The maximum atomic E-state index is 12.2. The third-order valence-corrected chi connectivity index (χ3v) is 8.81. The summed E-state index contributed by atoms with van der Waals surface area (Å²) in [6.07, 6.45) is -5.41. The third-order valence-electron chi connectivity index (χ3n) is 4.88. The van der Waals surface area contributed by atoms with E-state index in [1.165, 1.54) is 30.7 Å². The molecule has 0 aromatic carbocycles. The number of fused-ring (bicyclic) bond motifs is 1. The van der Waals surface area contributed by atoms with E-state index in [2.05, 4.69) is 30.4 Å². The fourth-order valence-electron chi connectivity index (χ4n) is 3.62. The number of aliphatic hydroxyl groups excluding tert-OH is 1. The number of nitrogens with one attached hydrogen (secondary N) is 1. The zero-order chi connectivity index (χ0) is 27.3. The lowest BCUT2D eigenvalue weighted by Gasteiger charge is -2.27. The van der Waals surface area contributed by atoms with Crippen LogP contribution >= 0.6 is 23.5 Å². The van der Waals surface area contributed by atoms with Crippen LogP contribution in [0.1, 0.15) is 25.9 Å². The number of nitrogens with zero attached hydrogens (tertiary/aromatic N) is 2. The van der Waals surface area contributed by atoms with Gasteiger partial charge in [-0.15, -0.1) is 5.92 Å². The van der Waals surface area contributed by atoms with E-state index < -0.39 is 59.2 Å². The van der Waals surface area contributed by atoms with Crippen molar-refractivity contribution in [3.8, 4) is 11.8 Å². The smallest absolute Gasteiger partial charge is 0.386 e. The van der Waals surface area contributed by atoms with E-state index in [0.29, 0.717) is 0 Å². The van der Waals surface area contributed by atoms with Gasteiger partial charge in [0.05, 0.1) is 11.5 Å². The molecule has 0 bridgehead atoms. The van der Waals surface area contributed by atoms with Gasteiger partial charge in [0.25, 0.3) is 5.56 Å². The lowest BCUT2D eigenvalue weighted by Crippen LogP contribution is -2.47. The minimum absolute atomic E-state index is 0.0611. The zero-order valence-electron chi connectivity index (χ0n) is 18.6. The van der Waals surface area contributed by atoms with Crippen LogP contribution in [0.3, 0.4) is 0 Å². The number of H-pyrrole nitrogens is 1. The lowest BCUT2D eigenvalue weighted by molar-refractivity contribution is -0.0829. The van der Waals surface area contributed by atoms with Crippen molar-refractivity contribution in [1.82, 2.24) is 14.5 Å². The van der Waals surface area contributed by atoms with Crippen LogP contribution in [-0.4, -0.2) is 68.2 Å². The highest BCUT2D eigenvalue weighted by atomic mass is 31.3. The number of hydrogen-bond acceptors (Lipinski definition) is 11. The summed E-state index contributed by atoms with van der Waals surface area (Å²) in [5.41, 5.74) is -2.79. The van der Waals surface area contributed by atoms with Crippen molar-refractivity contribution in [2.24, 2.45) is 0 Å². The monoisotopic (exact) mass is 573 g/mol. The first-order chi connectivity index (χ1) is 16.4. The third kappa shape index (κ3) is 6.04. The Morgan fingerprint density at radius 1 is 1.22 bits per heavy atom. The van der Waals surface area contributed by atoms with Gasteiger partial charge >= 0.3 is 23.5 Å². The summed E-state index contributed by atoms with van der Waals surface area (Å²) >= 11 is 0. The molecule has 7 atom stereocenters. The van der Waals surface area contributed by atoms with Gasteiger partial charge in [0.2, 0.25) is 0 Å².